The second-order valence-corrected chi connectivity index (χ2v) is 3.64. The third-order valence-corrected chi connectivity index (χ3v) is 2.23. The number of aryl methyl sites for hydroxylation is 1. The molecule has 0 saturated heterocycles. The molecule has 4 heteroatoms. The molecule has 82 valence electrons. The smallest absolute Gasteiger partial charge is 0.129 e. The largest absolute Gasteiger partial charge is 0.399 e. The SMILES string of the molecule is Cc1cc(NCc2cccc(N)c2)ncn1. The van der Waals surface area contributed by atoms with Crippen LogP contribution in [-0.2, 0) is 6.54 Å². The van der Waals surface area contributed by atoms with Crippen LogP contribution >= 0.6 is 0 Å². The fraction of sp³-hybridized carbons (Fsp3) is 0.167. The molecule has 0 atom stereocenters. The second kappa shape index (κ2) is 4.61. The Morgan fingerprint density at radius 1 is 1.25 bits per heavy atom. The zero-order chi connectivity index (χ0) is 11.4. The summed E-state index contributed by atoms with van der Waals surface area (Å²) < 4.78 is 0. The first-order valence-corrected chi connectivity index (χ1v) is 5.11. The van der Waals surface area contributed by atoms with Crippen LogP contribution < -0.4 is 11.1 Å². The van der Waals surface area contributed by atoms with Crippen LogP contribution in [0.2, 0.25) is 0 Å². The number of anilines is 2. The van der Waals surface area contributed by atoms with Gasteiger partial charge >= 0.3 is 0 Å². The predicted octanol–water partition coefficient (Wildman–Crippen LogP) is 1.98. The molecule has 2 aromatic rings. The number of rotatable bonds is 3. The van der Waals surface area contributed by atoms with Gasteiger partial charge in [0.15, 0.2) is 0 Å². The van der Waals surface area contributed by atoms with Crippen LogP contribution in [0.1, 0.15) is 11.3 Å². The molecule has 0 amide bonds. The summed E-state index contributed by atoms with van der Waals surface area (Å²) >= 11 is 0. The lowest BCUT2D eigenvalue weighted by Gasteiger charge is -2.06. The van der Waals surface area contributed by atoms with E-state index >= 15 is 0 Å². The van der Waals surface area contributed by atoms with Crippen molar-refractivity contribution in [2.75, 3.05) is 11.1 Å². The number of nitrogen functional groups attached to an aromatic ring is 1. The van der Waals surface area contributed by atoms with Gasteiger partial charge in [0.25, 0.3) is 0 Å². The maximum Gasteiger partial charge on any atom is 0.129 e. The standard InChI is InChI=1S/C12H14N4/c1-9-5-12(16-8-15-9)14-7-10-3-2-4-11(13)6-10/h2-6,8H,7,13H2,1H3,(H,14,15,16). The summed E-state index contributed by atoms with van der Waals surface area (Å²) in [6.07, 6.45) is 1.55. The lowest BCUT2D eigenvalue weighted by atomic mass is 10.2. The van der Waals surface area contributed by atoms with Crippen molar-refractivity contribution in [1.29, 1.82) is 0 Å². The molecule has 1 heterocycles. The van der Waals surface area contributed by atoms with E-state index in [0.29, 0.717) is 6.54 Å². The molecule has 3 N–H and O–H groups in total. The first kappa shape index (κ1) is 10.4. The Bertz CT molecular complexity index is 436. The number of hydrogen-bond acceptors (Lipinski definition) is 4. The molecule has 2 rings (SSSR count). The molecule has 0 bridgehead atoms. The Labute approximate surface area is 94.5 Å². The van der Waals surface area contributed by atoms with Crippen molar-refractivity contribution in [1.82, 2.24) is 9.97 Å². The van der Waals surface area contributed by atoms with E-state index in [1.807, 2.05) is 37.3 Å². The Balaban J connectivity index is 2.02. The van der Waals surface area contributed by atoms with Gasteiger partial charge in [0, 0.05) is 24.0 Å². The molecular weight excluding hydrogens is 200 g/mol. The third kappa shape index (κ3) is 2.70. The number of hydrogen-bond donors (Lipinski definition) is 2. The Hall–Kier alpha value is -2.10. The van der Waals surface area contributed by atoms with Crippen LogP contribution in [0.3, 0.4) is 0 Å². The third-order valence-electron chi connectivity index (χ3n) is 2.23. The fourth-order valence-electron chi connectivity index (χ4n) is 1.45. The molecule has 0 aliphatic heterocycles. The average molecular weight is 214 g/mol. The van der Waals surface area contributed by atoms with Gasteiger partial charge in [-0.1, -0.05) is 12.1 Å². The van der Waals surface area contributed by atoms with Gasteiger partial charge in [-0.15, -0.1) is 0 Å². The molecule has 0 aliphatic rings. The Morgan fingerprint density at radius 3 is 2.88 bits per heavy atom. The molecule has 0 fully saturated rings. The normalized spacial score (nSPS) is 10.1. The summed E-state index contributed by atoms with van der Waals surface area (Å²) in [4.78, 5) is 8.16. The van der Waals surface area contributed by atoms with Crippen LogP contribution in [-0.4, -0.2) is 9.97 Å². The van der Waals surface area contributed by atoms with Crippen molar-refractivity contribution in [3.05, 3.63) is 47.9 Å². The zero-order valence-corrected chi connectivity index (χ0v) is 9.14. The summed E-state index contributed by atoms with van der Waals surface area (Å²) in [6, 6.07) is 9.70. The van der Waals surface area contributed by atoms with Gasteiger partial charge in [0.2, 0.25) is 0 Å². The van der Waals surface area contributed by atoms with Crippen LogP contribution in [0.15, 0.2) is 36.7 Å². The van der Waals surface area contributed by atoms with E-state index in [1.165, 1.54) is 0 Å². The molecule has 16 heavy (non-hydrogen) atoms. The molecular formula is C12H14N4. The monoisotopic (exact) mass is 214 g/mol. The molecule has 0 aliphatic carbocycles. The molecule has 1 aromatic carbocycles. The van der Waals surface area contributed by atoms with E-state index in [4.69, 9.17) is 5.73 Å². The van der Waals surface area contributed by atoms with Crippen LogP contribution in [0.4, 0.5) is 11.5 Å². The van der Waals surface area contributed by atoms with Crippen molar-refractivity contribution in [2.45, 2.75) is 13.5 Å². The molecule has 4 nitrogen and oxygen atoms in total. The van der Waals surface area contributed by atoms with Crippen molar-refractivity contribution >= 4 is 11.5 Å². The molecule has 0 radical (unpaired) electrons. The summed E-state index contributed by atoms with van der Waals surface area (Å²) in [5.74, 6) is 0.829. The lowest BCUT2D eigenvalue weighted by molar-refractivity contribution is 1.05. The first-order valence-electron chi connectivity index (χ1n) is 5.11. The highest BCUT2D eigenvalue weighted by atomic mass is 15.0. The van der Waals surface area contributed by atoms with Gasteiger partial charge in [0.1, 0.15) is 12.1 Å². The quantitative estimate of drug-likeness (QED) is 0.767. The number of aromatic nitrogens is 2. The number of nitrogens with two attached hydrogens (primary N) is 1. The summed E-state index contributed by atoms with van der Waals surface area (Å²) in [5.41, 5.74) is 8.56. The van der Waals surface area contributed by atoms with E-state index < -0.39 is 0 Å². The summed E-state index contributed by atoms with van der Waals surface area (Å²) in [7, 11) is 0. The van der Waals surface area contributed by atoms with Gasteiger partial charge in [-0.25, -0.2) is 9.97 Å². The van der Waals surface area contributed by atoms with Gasteiger partial charge in [-0.3, -0.25) is 0 Å². The van der Waals surface area contributed by atoms with Crippen molar-refractivity contribution in [3.63, 3.8) is 0 Å². The number of nitrogens with zero attached hydrogens (tertiary/aromatic N) is 2. The molecule has 1 aromatic heterocycles. The lowest BCUT2D eigenvalue weighted by Crippen LogP contribution is -2.02. The van der Waals surface area contributed by atoms with Gasteiger partial charge in [-0.05, 0) is 24.6 Å². The Kier molecular flexibility index (Phi) is 3.00. The second-order valence-electron chi connectivity index (χ2n) is 3.64. The topological polar surface area (TPSA) is 63.8 Å². The highest BCUT2D eigenvalue weighted by Crippen LogP contribution is 2.09. The molecule has 0 spiro atoms. The minimum absolute atomic E-state index is 0.710. The Morgan fingerprint density at radius 2 is 2.12 bits per heavy atom. The average Bonchev–Trinajstić information content (AvgIpc) is 2.27. The minimum atomic E-state index is 0.710. The highest BCUT2D eigenvalue weighted by Gasteiger charge is 1.96. The predicted molar refractivity (Wildman–Crippen MR) is 65.0 cm³/mol. The van der Waals surface area contributed by atoms with E-state index in [9.17, 15) is 0 Å². The van der Waals surface area contributed by atoms with Crippen molar-refractivity contribution < 1.29 is 0 Å². The number of benzene rings is 1. The molecule has 0 unspecified atom stereocenters. The number of nitrogens with one attached hydrogen (secondary N) is 1. The zero-order valence-electron chi connectivity index (χ0n) is 9.14. The molecule has 0 saturated carbocycles. The fourth-order valence-corrected chi connectivity index (χ4v) is 1.45. The van der Waals surface area contributed by atoms with Gasteiger partial charge < -0.3 is 11.1 Å². The van der Waals surface area contributed by atoms with E-state index in [-0.39, 0.29) is 0 Å². The van der Waals surface area contributed by atoms with Gasteiger partial charge in [-0.2, -0.15) is 0 Å². The maximum absolute atomic E-state index is 5.70. The van der Waals surface area contributed by atoms with Crippen molar-refractivity contribution in [2.24, 2.45) is 0 Å². The summed E-state index contributed by atoms with van der Waals surface area (Å²) in [6.45, 7) is 2.65. The van der Waals surface area contributed by atoms with E-state index in [0.717, 1.165) is 22.8 Å². The van der Waals surface area contributed by atoms with E-state index in [2.05, 4.69) is 15.3 Å². The van der Waals surface area contributed by atoms with Gasteiger partial charge in [0.05, 0.1) is 0 Å². The van der Waals surface area contributed by atoms with Crippen LogP contribution in [0.5, 0.6) is 0 Å². The maximum atomic E-state index is 5.70. The minimum Gasteiger partial charge on any atom is -0.399 e. The van der Waals surface area contributed by atoms with Crippen molar-refractivity contribution in [3.8, 4) is 0 Å². The first-order chi connectivity index (χ1) is 7.74. The van der Waals surface area contributed by atoms with E-state index in [1.54, 1.807) is 6.33 Å². The highest BCUT2D eigenvalue weighted by molar-refractivity contribution is 5.42. The van der Waals surface area contributed by atoms with Crippen LogP contribution in [0, 0.1) is 6.92 Å². The summed E-state index contributed by atoms with van der Waals surface area (Å²) in [5, 5.41) is 3.22. The van der Waals surface area contributed by atoms with Crippen LogP contribution in [0.25, 0.3) is 0 Å².